The molecule has 0 fully saturated rings. The smallest absolute Gasteiger partial charge is 0.343 e. The third-order valence-corrected chi connectivity index (χ3v) is 4.30. The van der Waals surface area contributed by atoms with Gasteiger partial charge < -0.3 is 4.74 Å². The Morgan fingerprint density at radius 1 is 0.815 bits per heavy atom. The molecule has 0 spiro atoms. The number of halogens is 2. The van der Waals surface area contributed by atoms with Crippen LogP contribution in [0.3, 0.4) is 0 Å². The average molecular weight is 397 g/mol. The molecule has 3 rings (SSSR count). The van der Waals surface area contributed by atoms with Crippen LogP contribution in [0.25, 0.3) is 6.08 Å². The lowest BCUT2D eigenvalue weighted by molar-refractivity contribution is 0.0734. The molecule has 0 heterocycles. The van der Waals surface area contributed by atoms with Crippen molar-refractivity contribution in [3.63, 3.8) is 0 Å². The molecule has 0 radical (unpaired) electrons. The third kappa shape index (κ3) is 5.07. The van der Waals surface area contributed by atoms with E-state index in [4.69, 9.17) is 27.9 Å². The van der Waals surface area contributed by atoms with Crippen LogP contribution in [0.4, 0.5) is 0 Å². The number of allylic oxidation sites excluding steroid dienone is 1. The van der Waals surface area contributed by atoms with E-state index in [1.54, 1.807) is 72.8 Å². The van der Waals surface area contributed by atoms with Crippen molar-refractivity contribution in [2.45, 2.75) is 0 Å². The molecule has 3 aromatic rings. The first kappa shape index (κ1) is 18.9. The molecule has 3 aromatic carbocycles. The summed E-state index contributed by atoms with van der Waals surface area (Å²) in [7, 11) is 0. The van der Waals surface area contributed by atoms with Crippen LogP contribution in [0.5, 0.6) is 5.75 Å². The molecule has 0 N–H and O–H groups in total. The summed E-state index contributed by atoms with van der Waals surface area (Å²) in [5.41, 5.74) is 1.62. The van der Waals surface area contributed by atoms with Gasteiger partial charge in [0.05, 0.1) is 5.56 Å². The summed E-state index contributed by atoms with van der Waals surface area (Å²) < 4.78 is 5.29. The molecule has 0 aliphatic carbocycles. The number of carbonyl (C=O) groups excluding carboxylic acids is 2. The molecule has 134 valence electrons. The van der Waals surface area contributed by atoms with Crippen molar-refractivity contribution in [2.75, 3.05) is 0 Å². The molecular weight excluding hydrogens is 383 g/mol. The molecule has 0 atom stereocenters. The zero-order valence-electron chi connectivity index (χ0n) is 14.1. The van der Waals surface area contributed by atoms with Crippen LogP contribution in [0.1, 0.15) is 26.3 Å². The van der Waals surface area contributed by atoms with Gasteiger partial charge in [-0.05, 0) is 66.2 Å². The molecule has 27 heavy (non-hydrogen) atoms. The van der Waals surface area contributed by atoms with Crippen molar-refractivity contribution in [1.29, 1.82) is 0 Å². The van der Waals surface area contributed by atoms with Crippen molar-refractivity contribution in [3.8, 4) is 5.75 Å². The standard InChI is InChI=1S/C22H14Cl2O3/c23-18-10-6-15(20(24)14-18)9-13-21(25)16-7-11-19(12-8-16)27-22(26)17-4-2-1-3-5-17/h1-14H. The molecule has 0 aliphatic rings. The number of hydrogen-bond acceptors (Lipinski definition) is 3. The second-order valence-corrected chi connectivity index (χ2v) is 6.49. The first-order valence-corrected chi connectivity index (χ1v) is 8.83. The van der Waals surface area contributed by atoms with Crippen molar-refractivity contribution in [1.82, 2.24) is 0 Å². The summed E-state index contributed by atoms with van der Waals surface area (Å²) in [4.78, 5) is 24.3. The van der Waals surface area contributed by atoms with Crippen molar-refractivity contribution in [3.05, 3.63) is 106 Å². The van der Waals surface area contributed by atoms with Gasteiger partial charge in [0, 0.05) is 15.6 Å². The van der Waals surface area contributed by atoms with Crippen LogP contribution in [0.15, 0.2) is 78.9 Å². The Labute approximate surface area is 166 Å². The molecule has 0 aromatic heterocycles. The second-order valence-electron chi connectivity index (χ2n) is 5.64. The van der Waals surface area contributed by atoms with E-state index in [0.29, 0.717) is 32.5 Å². The lowest BCUT2D eigenvalue weighted by Gasteiger charge is -2.05. The first-order chi connectivity index (χ1) is 13.0. The highest BCUT2D eigenvalue weighted by atomic mass is 35.5. The van der Waals surface area contributed by atoms with Crippen LogP contribution >= 0.6 is 23.2 Å². The molecule has 0 unspecified atom stereocenters. The van der Waals surface area contributed by atoms with Gasteiger partial charge in [0.15, 0.2) is 5.78 Å². The van der Waals surface area contributed by atoms with Crippen LogP contribution < -0.4 is 4.74 Å². The summed E-state index contributed by atoms with van der Waals surface area (Å²) in [6.45, 7) is 0. The second kappa shape index (κ2) is 8.67. The Hall–Kier alpha value is -2.88. The normalized spacial score (nSPS) is 10.7. The molecule has 0 bridgehead atoms. The number of ketones is 1. The highest BCUT2D eigenvalue weighted by Gasteiger charge is 2.09. The Bertz CT molecular complexity index is 994. The van der Waals surface area contributed by atoms with Gasteiger partial charge in [-0.15, -0.1) is 0 Å². The Morgan fingerprint density at radius 3 is 2.19 bits per heavy atom. The van der Waals surface area contributed by atoms with Gasteiger partial charge in [-0.3, -0.25) is 4.79 Å². The lowest BCUT2D eigenvalue weighted by Crippen LogP contribution is -2.08. The molecule has 3 nitrogen and oxygen atoms in total. The van der Waals surface area contributed by atoms with E-state index in [0.717, 1.165) is 0 Å². The van der Waals surface area contributed by atoms with E-state index >= 15 is 0 Å². The first-order valence-electron chi connectivity index (χ1n) is 8.08. The molecular formula is C22H14Cl2O3. The molecule has 0 saturated heterocycles. The topological polar surface area (TPSA) is 43.4 Å². The summed E-state index contributed by atoms with van der Waals surface area (Å²) in [5, 5.41) is 0.999. The summed E-state index contributed by atoms with van der Waals surface area (Å²) in [6.07, 6.45) is 3.06. The van der Waals surface area contributed by atoms with Gasteiger partial charge in [-0.1, -0.05) is 47.5 Å². The fourth-order valence-electron chi connectivity index (χ4n) is 2.33. The quantitative estimate of drug-likeness (QED) is 0.226. The maximum absolute atomic E-state index is 12.3. The number of carbonyl (C=O) groups is 2. The molecule has 0 amide bonds. The highest BCUT2D eigenvalue weighted by Crippen LogP contribution is 2.22. The molecule has 5 heteroatoms. The number of hydrogen-bond donors (Lipinski definition) is 0. The lowest BCUT2D eigenvalue weighted by atomic mass is 10.1. The Balaban J connectivity index is 1.66. The van der Waals surface area contributed by atoms with Crippen molar-refractivity contribution >= 4 is 41.0 Å². The average Bonchev–Trinajstić information content (AvgIpc) is 2.68. The van der Waals surface area contributed by atoms with Gasteiger partial charge in [0.1, 0.15) is 5.75 Å². The minimum atomic E-state index is -0.452. The zero-order valence-corrected chi connectivity index (χ0v) is 15.6. The van der Waals surface area contributed by atoms with E-state index in [1.807, 2.05) is 6.07 Å². The van der Waals surface area contributed by atoms with Crippen LogP contribution in [-0.2, 0) is 0 Å². The summed E-state index contributed by atoms with van der Waals surface area (Å²) >= 11 is 11.9. The van der Waals surface area contributed by atoms with Crippen LogP contribution in [0.2, 0.25) is 10.0 Å². The predicted molar refractivity (Wildman–Crippen MR) is 108 cm³/mol. The Kier molecular flexibility index (Phi) is 6.07. The molecule has 0 saturated carbocycles. The predicted octanol–water partition coefficient (Wildman–Crippen LogP) is 6.11. The number of rotatable bonds is 5. The Morgan fingerprint density at radius 2 is 1.52 bits per heavy atom. The number of ether oxygens (including phenoxy) is 1. The minimum absolute atomic E-state index is 0.193. The van der Waals surface area contributed by atoms with Gasteiger partial charge in [-0.2, -0.15) is 0 Å². The van der Waals surface area contributed by atoms with Gasteiger partial charge in [-0.25, -0.2) is 4.79 Å². The van der Waals surface area contributed by atoms with Gasteiger partial charge in [0.2, 0.25) is 0 Å². The summed E-state index contributed by atoms with van der Waals surface area (Å²) in [6, 6.07) is 20.1. The van der Waals surface area contributed by atoms with Crippen LogP contribution in [-0.4, -0.2) is 11.8 Å². The fraction of sp³-hybridized carbons (Fsp3) is 0. The number of esters is 1. The van der Waals surface area contributed by atoms with E-state index in [2.05, 4.69) is 0 Å². The van der Waals surface area contributed by atoms with Crippen molar-refractivity contribution < 1.29 is 14.3 Å². The number of benzene rings is 3. The van der Waals surface area contributed by atoms with E-state index in [1.165, 1.54) is 6.08 Å². The van der Waals surface area contributed by atoms with E-state index in [9.17, 15) is 9.59 Å². The van der Waals surface area contributed by atoms with Gasteiger partial charge >= 0.3 is 5.97 Å². The highest BCUT2D eigenvalue weighted by molar-refractivity contribution is 6.35. The van der Waals surface area contributed by atoms with Gasteiger partial charge in [0.25, 0.3) is 0 Å². The third-order valence-electron chi connectivity index (χ3n) is 3.74. The maximum atomic E-state index is 12.3. The summed E-state index contributed by atoms with van der Waals surface area (Å²) in [5.74, 6) is -0.279. The van der Waals surface area contributed by atoms with Crippen molar-refractivity contribution in [2.24, 2.45) is 0 Å². The minimum Gasteiger partial charge on any atom is -0.423 e. The fourth-order valence-corrected chi connectivity index (χ4v) is 2.80. The maximum Gasteiger partial charge on any atom is 0.343 e. The van der Waals surface area contributed by atoms with E-state index in [-0.39, 0.29) is 5.78 Å². The zero-order chi connectivity index (χ0) is 19.2. The largest absolute Gasteiger partial charge is 0.423 e. The van der Waals surface area contributed by atoms with E-state index < -0.39 is 5.97 Å². The van der Waals surface area contributed by atoms with Crippen LogP contribution in [0, 0.1) is 0 Å². The SMILES string of the molecule is O=C(C=Cc1ccc(Cl)cc1Cl)c1ccc(OC(=O)c2ccccc2)cc1. The molecule has 0 aliphatic heterocycles. The monoisotopic (exact) mass is 396 g/mol.